The molecule has 0 atom stereocenters. The van der Waals surface area contributed by atoms with Crippen molar-refractivity contribution in [2.24, 2.45) is 0 Å². The van der Waals surface area contributed by atoms with Crippen molar-refractivity contribution in [1.82, 2.24) is 9.97 Å². The van der Waals surface area contributed by atoms with E-state index < -0.39 is 23.1 Å². The Morgan fingerprint density at radius 1 is 1.36 bits per heavy atom. The lowest BCUT2D eigenvalue weighted by Gasteiger charge is -2.13. The fourth-order valence-electron chi connectivity index (χ4n) is 2.51. The molecule has 3 aromatic rings. The highest BCUT2D eigenvalue weighted by Crippen LogP contribution is 2.27. The molecule has 0 bridgehead atoms. The lowest BCUT2D eigenvalue weighted by atomic mass is 10.0. The number of rotatable bonds is 4. The van der Waals surface area contributed by atoms with Crippen molar-refractivity contribution in [2.75, 3.05) is 0 Å². The number of aromatic carboxylic acids is 1. The summed E-state index contributed by atoms with van der Waals surface area (Å²) < 4.78 is 19.4. The van der Waals surface area contributed by atoms with Crippen LogP contribution >= 0.6 is 11.6 Å². The van der Waals surface area contributed by atoms with E-state index in [-0.39, 0.29) is 23.5 Å². The van der Waals surface area contributed by atoms with E-state index in [4.69, 9.17) is 16.0 Å². The molecular formula is C17H14ClFN2O4. The van der Waals surface area contributed by atoms with Gasteiger partial charge in [0.1, 0.15) is 22.6 Å². The quantitative estimate of drug-likeness (QED) is 0.735. The number of aromatic nitrogens is 2. The van der Waals surface area contributed by atoms with E-state index in [1.165, 1.54) is 26.1 Å². The average molecular weight is 365 g/mol. The van der Waals surface area contributed by atoms with Crippen molar-refractivity contribution >= 4 is 28.5 Å². The van der Waals surface area contributed by atoms with Crippen molar-refractivity contribution in [1.29, 1.82) is 0 Å². The molecule has 6 nitrogen and oxygen atoms in total. The second-order valence-corrected chi connectivity index (χ2v) is 6.57. The Hall–Kier alpha value is -2.51. The van der Waals surface area contributed by atoms with E-state index in [1.807, 2.05) is 0 Å². The molecule has 0 unspecified atom stereocenters. The second kappa shape index (κ2) is 6.09. The molecule has 2 aromatic heterocycles. The Morgan fingerprint density at radius 3 is 2.68 bits per heavy atom. The van der Waals surface area contributed by atoms with Gasteiger partial charge in [-0.1, -0.05) is 11.6 Å². The van der Waals surface area contributed by atoms with Gasteiger partial charge in [0, 0.05) is 18.0 Å². The average Bonchev–Trinajstić information content (AvgIpc) is 2.91. The number of benzene rings is 1. The third kappa shape index (κ3) is 3.47. The number of nitrogens with zero attached hydrogens (tertiary/aromatic N) is 2. The molecule has 0 amide bonds. The molecule has 0 aliphatic heterocycles. The number of aliphatic hydroxyl groups is 1. The Labute approximate surface area is 146 Å². The molecule has 0 saturated carbocycles. The van der Waals surface area contributed by atoms with E-state index in [2.05, 4.69) is 9.97 Å². The van der Waals surface area contributed by atoms with Crippen molar-refractivity contribution in [2.45, 2.75) is 25.9 Å². The van der Waals surface area contributed by atoms with Crippen LogP contribution in [0.5, 0.6) is 0 Å². The van der Waals surface area contributed by atoms with Crippen molar-refractivity contribution in [3.63, 3.8) is 0 Å². The summed E-state index contributed by atoms with van der Waals surface area (Å²) in [4.78, 5) is 19.3. The molecule has 25 heavy (non-hydrogen) atoms. The van der Waals surface area contributed by atoms with Crippen LogP contribution in [0, 0.1) is 5.82 Å². The number of hydrogen-bond acceptors (Lipinski definition) is 5. The minimum atomic E-state index is -1.48. The molecule has 1 aromatic carbocycles. The van der Waals surface area contributed by atoms with Crippen LogP contribution < -0.4 is 0 Å². The van der Waals surface area contributed by atoms with Gasteiger partial charge >= 0.3 is 5.97 Å². The van der Waals surface area contributed by atoms with E-state index in [0.29, 0.717) is 16.0 Å². The minimum absolute atomic E-state index is 0.0513. The lowest BCUT2D eigenvalue weighted by molar-refractivity contribution is 0.0576. The van der Waals surface area contributed by atoms with E-state index >= 15 is 0 Å². The summed E-state index contributed by atoms with van der Waals surface area (Å²) >= 11 is 5.88. The zero-order valence-corrected chi connectivity index (χ0v) is 14.1. The number of carbonyl (C=O) groups is 1. The third-order valence-electron chi connectivity index (χ3n) is 3.56. The predicted molar refractivity (Wildman–Crippen MR) is 88.2 cm³/mol. The highest BCUT2D eigenvalue weighted by atomic mass is 35.5. The molecule has 2 N–H and O–H groups in total. The zero-order chi connectivity index (χ0) is 18.4. The van der Waals surface area contributed by atoms with E-state index in [0.717, 1.165) is 0 Å². The Morgan fingerprint density at radius 2 is 2.08 bits per heavy atom. The Kier molecular flexibility index (Phi) is 4.22. The summed E-state index contributed by atoms with van der Waals surface area (Å²) in [5.74, 6) is -2.25. The molecule has 8 heteroatoms. The lowest BCUT2D eigenvalue weighted by Crippen LogP contribution is -2.19. The fourth-order valence-corrected chi connectivity index (χ4v) is 2.68. The monoisotopic (exact) mass is 364 g/mol. The summed E-state index contributed by atoms with van der Waals surface area (Å²) in [6.45, 7) is 2.81. The summed E-state index contributed by atoms with van der Waals surface area (Å²) in [6, 6.07) is 4.53. The number of carboxylic acids is 1. The summed E-state index contributed by atoms with van der Waals surface area (Å²) in [5, 5.41) is 20.1. The summed E-state index contributed by atoms with van der Waals surface area (Å²) in [7, 11) is 0. The summed E-state index contributed by atoms with van der Waals surface area (Å²) in [5.41, 5.74) is -0.874. The number of hydrogen-bond donors (Lipinski definition) is 2. The maximum absolute atomic E-state index is 14.2. The first kappa shape index (κ1) is 17.3. The van der Waals surface area contributed by atoms with Crippen LogP contribution in [0.15, 0.2) is 28.8 Å². The van der Waals surface area contributed by atoms with Gasteiger partial charge in [0.25, 0.3) is 0 Å². The van der Waals surface area contributed by atoms with Gasteiger partial charge in [-0.2, -0.15) is 0 Å². The first-order valence-corrected chi connectivity index (χ1v) is 7.72. The van der Waals surface area contributed by atoms with E-state index in [1.54, 1.807) is 12.1 Å². The molecule has 0 spiro atoms. The molecule has 3 rings (SSSR count). The number of pyridine rings is 1. The van der Waals surface area contributed by atoms with Crippen LogP contribution in [-0.4, -0.2) is 26.2 Å². The molecule has 0 aliphatic carbocycles. The molecule has 0 aliphatic rings. The van der Waals surface area contributed by atoms with Crippen molar-refractivity contribution in [3.8, 4) is 0 Å². The van der Waals surface area contributed by atoms with E-state index in [9.17, 15) is 19.4 Å². The van der Waals surface area contributed by atoms with Crippen LogP contribution in [0.1, 0.15) is 41.6 Å². The normalized spacial score (nSPS) is 11.9. The number of oxazole rings is 1. The smallest absolute Gasteiger partial charge is 0.373 e. The number of fused-ring (bicyclic) bond motifs is 1. The number of carboxylic acid groups (broad SMARTS) is 1. The SMILES string of the molecule is CC(C)(O)c1nc(Cc2cc(F)c3ncc(Cl)cc3c2)oc1C(=O)O. The van der Waals surface area contributed by atoms with Gasteiger partial charge in [0.15, 0.2) is 5.89 Å². The van der Waals surface area contributed by atoms with Gasteiger partial charge < -0.3 is 14.6 Å². The fraction of sp³-hybridized carbons (Fsp3) is 0.235. The van der Waals surface area contributed by atoms with Gasteiger partial charge in [-0.3, -0.25) is 4.98 Å². The van der Waals surface area contributed by atoms with Gasteiger partial charge in [0.2, 0.25) is 5.76 Å². The highest BCUT2D eigenvalue weighted by Gasteiger charge is 2.30. The van der Waals surface area contributed by atoms with Crippen LogP contribution in [0.3, 0.4) is 0 Å². The summed E-state index contributed by atoms with van der Waals surface area (Å²) in [6.07, 6.45) is 1.41. The number of halogens is 2. The van der Waals surface area contributed by atoms with Gasteiger partial charge in [0.05, 0.1) is 5.02 Å². The van der Waals surface area contributed by atoms with Crippen LogP contribution in [0.4, 0.5) is 4.39 Å². The minimum Gasteiger partial charge on any atom is -0.475 e. The van der Waals surface area contributed by atoms with Gasteiger partial charge in [-0.25, -0.2) is 14.2 Å². The maximum Gasteiger partial charge on any atom is 0.373 e. The standard InChI is InChI=1S/C17H14ClFN2O4/c1-17(2,24)15-14(16(22)23)25-12(21-15)5-8-3-9-6-10(18)7-20-13(9)11(19)4-8/h3-4,6-7,24H,5H2,1-2H3,(H,22,23). The molecule has 0 radical (unpaired) electrons. The van der Waals surface area contributed by atoms with Crippen molar-refractivity contribution in [3.05, 3.63) is 58.1 Å². The van der Waals surface area contributed by atoms with Crippen LogP contribution in [-0.2, 0) is 12.0 Å². The topological polar surface area (TPSA) is 96.5 Å². The molecule has 2 heterocycles. The predicted octanol–water partition coefficient (Wildman–Crippen LogP) is 3.53. The zero-order valence-electron chi connectivity index (χ0n) is 13.4. The molecule has 0 saturated heterocycles. The van der Waals surface area contributed by atoms with Crippen LogP contribution in [0.2, 0.25) is 5.02 Å². The van der Waals surface area contributed by atoms with Crippen LogP contribution in [0.25, 0.3) is 10.9 Å². The Bertz CT molecular complexity index is 979. The third-order valence-corrected chi connectivity index (χ3v) is 3.77. The van der Waals surface area contributed by atoms with Gasteiger partial charge in [-0.05, 0) is 37.6 Å². The maximum atomic E-state index is 14.2. The Balaban J connectivity index is 2.03. The first-order chi connectivity index (χ1) is 11.6. The largest absolute Gasteiger partial charge is 0.475 e. The highest BCUT2D eigenvalue weighted by molar-refractivity contribution is 6.31. The molecule has 130 valence electrons. The van der Waals surface area contributed by atoms with Crippen molar-refractivity contribution < 1.29 is 23.8 Å². The molecular weight excluding hydrogens is 351 g/mol. The first-order valence-electron chi connectivity index (χ1n) is 7.34. The molecule has 0 fully saturated rings. The van der Waals surface area contributed by atoms with Gasteiger partial charge in [-0.15, -0.1) is 0 Å². The second-order valence-electron chi connectivity index (χ2n) is 6.13.